The van der Waals surface area contributed by atoms with Crippen LogP contribution in [0.25, 0.3) is 0 Å². The number of aliphatic hydroxyl groups is 1. The number of halogens is 1. The van der Waals surface area contributed by atoms with Crippen molar-refractivity contribution in [3.63, 3.8) is 0 Å². The number of aryl methyl sites for hydroxylation is 1. The maximum absolute atomic E-state index is 10.3. The molecule has 18 heavy (non-hydrogen) atoms. The Morgan fingerprint density at radius 3 is 2.39 bits per heavy atom. The first kappa shape index (κ1) is 12.9. The predicted molar refractivity (Wildman–Crippen MR) is 73.0 cm³/mol. The summed E-state index contributed by atoms with van der Waals surface area (Å²) in [6.07, 6.45) is 0.0226. The van der Waals surface area contributed by atoms with E-state index in [1.807, 2.05) is 19.1 Å². The zero-order chi connectivity index (χ0) is 13.1. The lowest BCUT2D eigenvalue weighted by molar-refractivity contribution is 0.215. The highest BCUT2D eigenvalue weighted by atomic mass is 35.5. The molecule has 1 atom stereocenters. The van der Waals surface area contributed by atoms with E-state index < -0.39 is 6.10 Å². The third-order valence-corrected chi connectivity index (χ3v) is 3.23. The molecule has 0 unspecified atom stereocenters. The van der Waals surface area contributed by atoms with Crippen LogP contribution in [-0.2, 0) is 6.42 Å². The topological polar surface area (TPSA) is 40.5 Å². The zero-order valence-electron chi connectivity index (χ0n) is 10.1. The molecule has 0 heterocycles. The van der Waals surface area contributed by atoms with Crippen molar-refractivity contribution < 1.29 is 10.2 Å². The normalized spacial score (nSPS) is 12.4. The molecule has 2 nitrogen and oxygen atoms in total. The summed E-state index contributed by atoms with van der Waals surface area (Å²) < 4.78 is 0. The second-order valence-corrected chi connectivity index (χ2v) is 4.64. The third-order valence-electron chi connectivity index (χ3n) is 2.98. The smallest absolute Gasteiger partial charge is 0.121 e. The molecule has 0 aliphatic heterocycles. The average molecular weight is 263 g/mol. The van der Waals surface area contributed by atoms with Gasteiger partial charge in [0, 0.05) is 10.6 Å². The molecule has 2 aromatic carbocycles. The molecule has 2 aromatic rings. The average Bonchev–Trinajstić information content (AvgIpc) is 2.39. The van der Waals surface area contributed by atoms with Crippen molar-refractivity contribution in [2.24, 2.45) is 0 Å². The van der Waals surface area contributed by atoms with E-state index in [4.69, 9.17) is 11.6 Å². The lowest BCUT2D eigenvalue weighted by Gasteiger charge is -2.14. The highest BCUT2D eigenvalue weighted by molar-refractivity contribution is 6.30. The highest BCUT2D eigenvalue weighted by Gasteiger charge is 2.14. The van der Waals surface area contributed by atoms with Crippen molar-refractivity contribution in [3.8, 4) is 5.75 Å². The number of aliphatic hydroxyl groups excluding tert-OH is 1. The number of hydrogen-bond donors (Lipinski definition) is 2. The van der Waals surface area contributed by atoms with Crippen LogP contribution in [0.3, 0.4) is 0 Å². The number of benzene rings is 2. The van der Waals surface area contributed by atoms with Gasteiger partial charge in [0.25, 0.3) is 0 Å². The van der Waals surface area contributed by atoms with Crippen LogP contribution in [0.15, 0.2) is 42.5 Å². The van der Waals surface area contributed by atoms with Crippen LogP contribution in [0.2, 0.25) is 5.02 Å². The standard InChI is InChI=1S/C15H15ClO2/c1-2-10-3-8-14(17)13(9-10)15(18)11-4-6-12(16)7-5-11/h3-9,15,17-18H,2H2,1H3/t15-/m1/s1. The van der Waals surface area contributed by atoms with Crippen LogP contribution in [0.5, 0.6) is 5.75 Å². The van der Waals surface area contributed by atoms with Gasteiger partial charge in [0.1, 0.15) is 11.9 Å². The van der Waals surface area contributed by atoms with E-state index in [-0.39, 0.29) is 5.75 Å². The van der Waals surface area contributed by atoms with Gasteiger partial charge >= 0.3 is 0 Å². The van der Waals surface area contributed by atoms with Gasteiger partial charge in [-0.3, -0.25) is 0 Å². The van der Waals surface area contributed by atoms with Crippen molar-refractivity contribution in [1.29, 1.82) is 0 Å². The minimum Gasteiger partial charge on any atom is -0.508 e. The van der Waals surface area contributed by atoms with Crippen molar-refractivity contribution in [1.82, 2.24) is 0 Å². The molecule has 0 aliphatic carbocycles. The molecular weight excluding hydrogens is 248 g/mol. The van der Waals surface area contributed by atoms with E-state index in [9.17, 15) is 10.2 Å². The Balaban J connectivity index is 2.38. The Hall–Kier alpha value is -1.51. The van der Waals surface area contributed by atoms with E-state index >= 15 is 0 Å². The van der Waals surface area contributed by atoms with Crippen LogP contribution in [0, 0.1) is 0 Å². The number of hydrogen-bond acceptors (Lipinski definition) is 2. The fourth-order valence-electron chi connectivity index (χ4n) is 1.87. The first-order valence-corrected chi connectivity index (χ1v) is 6.25. The third kappa shape index (κ3) is 2.66. The van der Waals surface area contributed by atoms with E-state index in [1.165, 1.54) is 0 Å². The van der Waals surface area contributed by atoms with Gasteiger partial charge in [-0.25, -0.2) is 0 Å². The van der Waals surface area contributed by atoms with Gasteiger partial charge in [-0.1, -0.05) is 36.7 Å². The molecule has 0 saturated heterocycles. The Labute approximate surface area is 111 Å². The van der Waals surface area contributed by atoms with E-state index in [0.717, 1.165) is 12.0 Å². The number of phenolic OH excluding ortho intramolecular Hbond substituents is 1. The largest absolute Gasteiger partial charge is 0.508 e. The first-order chi connectivity index (χ1) is 8.61. The second-order valence-electron chi connectivity index (χ2n) is 4.20. The Bertz CT molecular complexity index is 535. The van der Waals surface area contributed by atoms with Crippen LogP contribution in [0.1, 0.15) is 29.7 Å². The second kappa shape index (κ2) is 5.42. The fourth-order valence-corrected chi connectivity index (χ4v) is 1.99. The van der Waals surface area contributed by atoms with Gasteiger partial charge < -0.3 is 10.2 Å². The minimum atomic E-state index is -0.839. The van der Waals surface area contributed by atoms with Crippen LogP contribution in [-0.4, -0.2) is 10.2 Å². The molecule has 0 saturated carbocycles. The summed E-state index contributed by atoms with van der Waals surface area (Å²) >= 11 is 5.81. The summed E-state index contributed by atoms with van der Waals surface area (Å²) in [6, 6.07) is 12.3. The van der Waals surface area contributed by atoms with E-state index in [1.54, 1.807) is 30.3 Å². The van der Waals surface area contributed by atoms with Gasteiger partial charge in [0.15, 0.2) is 0 Å². The van der Waals surface area contributed by atoms with E-state index in [2.05, 4.69) is 0 Å². The highest BCUT2D eigenvalue weighted by Crippen LogP contribution is 2.30. The summed E-state index contributed by atoms with van der Waals surface area (Å²) in [6.45, 7) is 2.03. The molecule has 0 aliphatic rings. The van der Waals surface area contributed by atoms with Gasteiger partial charge in [0.2, 0.25) is 0 Å². The Morgan fingerprint density at radius 1 is 1.11 bits per heavy atom. The van der Waals surface area contributed by atoms with Crippen LogP contribution in [0.4, 0.5) is 0 Å². The summed E-state index contributed by atoms with van der Waals surface area (Å²) in [5.74, 6) is 0.106. The fraction of sp³-hybridized carbons (Fsp3) is 0.200. The molecule has 0 bridgehead atoms. The molecule has 94 valence electrons. The number of rotatable bonds is 3. The monoisotopic (exact) mass is 262 g/mol. The van der Waals surface area contributed by atoms with E-state index in [0.29, 0.717) is 16.1 Å². The molecule has 0 fully saturated rings. The van der Waals surface area contributed by atoms with Crippen molar-refractivity contribution in [3.05, 3.63) is 64.2 Å². The lowest BCUT2D eigenvalue weighted by Crippen LogP contribution is -2.00. The SMILES string of the molecule is CCc1ccc(O)c([C@H](O)c2ccc(Cl)cc2)c1. The summed E-state index contributed by atoms with van der Waals surface area (Å²) in [4.78, 5) is 0. The Morgan fingerprint density at radius 2 is 1.78 bits per heavy atom. The quantitative estimate of drug-likeness (QED) is 0.886. The minimum absolute atomic E-state index is 0.106. The van der Waals surface area contributed by atoms with Crippen LogP contribution < -0.4 is 0 Å². The lowest BCUT2D eigenvalue weighted by atomic mass is 9.98. The molecule has 0 amide bonds. The molecule has 2 rings (SSSR count). The molecular formula is C15H15ClO2. The van der Waals surface area contributed by atoms with Gasteiger partial charge in [-0.2, -0.15) is 0 Å². The first-order valence-electron chi connectivity index (χ1n) is 5.87. The molecule has 0 aromatic heterocycles. The Kier molecular flexibility index (Phi) is 3.90. The van der Waals surface area contributed by atoms with Crippen molar-refractivity contribution >= 4 is 11.6 Å². The van der Waals surface area contributed by atoms with Crippen molar-refractivity contribution in [2.45, 2.75) is 19.4 Å². The van der Waals surface area contributed by atoms with Gasteiger partial charge in [0.05, 0.1) is 0 Å². The zero-order valence-corrected chi connectivity index (χ0v) is 10.9. The van der Waals surface area contributed by atoms with Crippen LogP contribution >= 0.6 is 11.6 Å². The molecule has 0 radical (unpaired) electrons. The molecule has 3 heteroatoms. The number of aromatic hydroxyl groups is 1. The summed E-state index contributed by atoms with van der Waals surface area (Å²) in [5, 5.41) is 20.7. The molecule has 0 spiro atoms. The van der Waals surface area contributed by atoms with Gasteiger partial charge in [-0.15, -0.1) is 0 Å². The number of phenols is 1. The molecule has 2 N–H and O–H groups in total. The van der Waals surface area contributed by atoms with Crippen molar-refractivity contribution in [2.75, 3.05) is 0 Å². The maximum Gasteiger partial charge on any atom is 0.121 e. The maximum atomic E-state index is 10.3. The summed E-state index contributed by atoms with van der Waals surface area (Å²) in [7, 11) is 0. The predicted octanol–water partition coefficient (Wildman–Crippen LogP) is 3.69. The van der Waals surface area contributed by atoms with Gasteiger partial charge in [-0.05, 0) is 41.8 Å². The summed E-state index contributed by atoms with van der Waals surface area (Å²) in [5.41, 5.74) is 2.32.